The molecule has 1 aliphatic heterocycles. The van der Waals surface area contributed by atoms with Gasteiger partial charge in [0.25, 0.3) is 0 Å². The Morgan fingerprint density at radius 1 is 0.769 bits per heavy atom. The molecule has 26 heavy (non-hydrogen) atoms. The number of halogens is 6. The molecule has 0 radical (unpaired) electrons. The van der Waals surface area contributed by atoms with Gasteiger partial charge in [0.2, 0.25) is 0 Å². The Morgan fingerprint density at radius 2 is 1.38 bits per heavy atom. The predicted molar refractivity (Wildman–Crippen MR) is 87.7 cm³/mol. The zero-order valence-corrected chi connectivity index (χ0v) is 13.5. The van der Waals surface area contributed by atoms with E-state index in [4.69, 9.17) is 0 Å². The summed E-state index contributed by atoms with van der Waals surface area (Å²) in [4.78, 5) is 1.77. The van der Waals surface area contributed by atoms with E-state index in [1.807, 2.05) is 0 Å². The molecule has 0 aromatic heterocycles. The Hall–Kier alpha value is -2.44. The quantitative estimate of drug-likeness (QED) is 0.584. The highest BCUT2D eigenvalue weighted by molar-refractivity contribution is 5.69. The summed E-state index contributed by atoms with van der Waals surface area (Å²) in [5.74, 6) is 0. The maximum Gasteiger partial charge on any atom is 0.416 e. The van der Waals surface area contributed by atoms with Gasteiger partial charge in [-0.2, -0.15) is 26.3 Å². The molecule has 0 saturated carbocycles. The number of nitrogens with zero attached hydrogens (tertiary/aromatic N) is 1. The summed E-state index contributed by atoms with van der Waals surface area (Å²) in [7, 11) is 0. The SMILES string of the molecule is FC(F)(F)c1cccc(C2=CCN(c3cccc(C(F)(F)F)c3)CC2)c1. The van der Waals surface area contributed by atoms with Crippen LogP contribution in [0.25, 0.3) is 5.57 Å². The van der Waals surface area contributed by atoms with Crippen LogP contribution >= 0.6 is 0 Å². The molecular formula is C19H15F6N. The summed E-state index contributed by atoms with van der Waals surface area (Å²) in [6, 6.07) is 10.1. The standard InChI is InChI=1S/C19H15F6N/c20-18(21,22)15-4-1-3-14(11-15)13-7-9-26(10-8-13)17-6-2-5-16(12-17)19(23,24)25/h1-7,11-12H,8-10H2. The van der Waals surface area contributed by atoms with Crippen molar-refractivity contribution >= 4 is 11.3 Å². The predicted octanol–water partition coefficient (Wildman–Crippen LogP) is 6.02. The molecule has 0 bridgehead atoms. The van der Waals surface area contributed by atoms with Crippen LogP contribution in [0.15, 0.2) is 54.6 Å². The lowest BCUT2D eigenvalue weighted by atomic mass is 9.97. The van der Waals surface area contributed by atoms with E-state index >= 15 is 0 Å². The van der Waals surface area contributed by atoms with Gasteiger partial charge < -0.3 is 4.90 Å². The zero-order valence-electron chi connectivity index (χ0n) is 13.5. The molecule has 0 N–H and O–H groups in total. The molecular weight excluding hydrogens is 356 g/mol. The minimum atomic E-state index is -4.41. The monoisotopic (exact) mass is 371 g/mol. The van der Waals surface area contributed by atoms with Gasteiger partial charge in [0, 0.05) is 18.8 Å². The second-order valence-corrected chi connectivity index (χ2v) is 6.05. The average Bonchev–Trinajstić information content (AvgIpc) is 2.61. The maximum absolute atomic E-state index is 12.8. The van der Waals surface area contributed by atoms with Crippen molar-refractivity contribution in [1.82, 2.24) is 0 Å². The molecule has 3 rings (SSSR count). The number of hydrogen-bond acceptors (Lipinski definition) is 1. The second kappa shape index (κ2) is 6.70. The van der Waals surface area contributed by atoms with E-state index in [1.54, 1.807) is 23.1 Å². The van der Waals surface area contributed by atoms with Crippen LogP contribution in [-0.4, -0.2) is 13.1 Å². The number of alkyl halides is 6. The third-order valence-corrected chi connectivity index (χ3v) is 4.31. The van der Waals surface area contributed by atoms with E-state index in [0.29, 0.717) is 30.8 Å². The lowest BCUT2D eigenvalue weighted by molar-refractivity contribution is -0.138. The number of rotatable bonds is 2. The first-order valence-electron chi connectivity index (χ1n) is 7.93. The minimum Gasteiger partial charge on any atom is -0.367 e. The van der Waals surface area contributed by atoms with E-state index in [-0.39, 0.29) is 0 Å². The molecule has 0 aliphatic carbocycles. The van der Waals surface area contributed by atoms with Crippen molar-refractivity contribution in [3.8, 4) is 0 Å². The van der Waals surface area contributed by atoms with Gasteiger partial charge in [-0.1, -0.05) is 24.3 Å². The van der Waals surface area contributed by atoms with Gasteiger partial charge in [-0.25, -0.2) is 0 Å². The Balaban J connectivity index is 1.79. The summed E-state index contributed by atoms with van der Waals surface area (Å²) < 4.78 is 77.0. The fourth-order valence-corrected chi connectivity index (χ4v) is 2.94. The van der Waals surface area contributed by atoms with E-state index in [1.165, 1.54) is 12.1 Å². The lowest BCUT2D eigenvalue weighted by Gasteiger charge is -2.29. The molecule has 7 heteroatoms. The molecule has 0 saturated heterocycles. The van der Waals surface area contributed by atoms with Crippen LogP contribution in [0.3, 0.4) is 0 Å². The van der Waals surface area contributed by atoms with Crippen molar-refractivity contribution in [3.63, 3.8) is 0 Å². The van der Waals surface area contributed by atoms with Crippen molar-refractivity contribution in [1.29, 1.82) is 0 Å². The first-order chi connectivity index (χ1) is 12.1. The van der Waals surface area contributed by atoms with Gasteiger partial charge >= 0.3 is 12.4 Å². The van der Waals surface area contributed by atoms with Gasteiger partial charge in [0.1, 0.15) is 0 Å². The Labute approximate surface area is 146 Å². The maximum atomic E-state index is 12.8. The molecule has 0 unspecified atom stereocenters. The van der Waals surface area contributed by atoms with Crippen LogP contribution in [0.5, 0.6) is 0 Å². The van der Waals surface area contributed by atoms with Crippen molar-refractivity contribution in [3.05, 3.63) is 71.3 Å². The summed E-state index contributed by atoms with van der Waals surface area (Å²) in [6.45, 7) is 0.774. The molecule has 2 aromatic rings. The largest absolute Gasteiger partial charge is 0.416 e. The van der Waals surface area contributed by atoms with Crippen molar-refractivity contribution in [2.45, 2.75) is 18.8 Å². The fourth-order valence-electron chi connectivity index (χ4n) is 2.94. The van der Waals surface area contributed by atoms with Gasteiger partial charge in [-0.15, -0.1) is 0 Å². The zero-order chi connectivity index (χ0) is 18.9. The summed E-state index contributed by atoms with van der Waals surface area (Å²) in [5.41, 5.74) is 0.265. The molecule has 138 valence electrons. The fraction of sp³-hybridized carbons (Fsp3) is 0.263. The van der Waals surface area contributed by atoms with Crippen molar-refractivity contribution in [2.24, 2.45) is 0 Å². The summed E-state index contributed by atoms with van der Waals surface area (Å²) in [5, 5.41) is 0. The van der Waals surface area contributed by atoms with Crippen LogP contribution in [0.4, 0.5) is 32.0 Å². The van der Waals surface area contributed by atoms with Crippen LogP contribution in [-0.2, 0) is 12.4 Å². The highest BCUT2D eigenvalue weighted by atomic mass is 19.4. The number of benzene rings is 2. The third kappa shape index (κ3) is 4.03. The average molecular weight is 371 g/mol. The Bertz CT molecular complexity index is 819. The van der Waals surface area contributed by atoms with E-state index < -0.39 is 23.5 Å². The molecule has 2 aromatic carbocycles. The molecule has 1 aliphatic rings. The van der Waals surface area contributed by atoms with Gasteiger partial charge in [-0.3, -0.25) is 0 Å². The molecule has 0 amide bonds. The highest BCUT2D eigenvalue weighted by Gasteiger charge is 2.32. The number of hydrogen-bond donors (Lipinski definition) is 0. The van der Waals surface area contributed by atoms with Crippen LogP contribution in [0.2, 0.25) is 0 Å². The summed E-state index contributed by atoms with van der Waals surface area (Å²) in [6.07, 6.45) is -6.60. The van der Waals surface area contributed by atoms with Gasteiger partial charge in [0.15, 0.2) is 0 Å². The van der Waals surface area contributed by atoms with Crippen LogP contribution in [0.1, 0.15) is 23.1 Å². The summed E-state index contributed by atoms with van der Waals surface area (Å²) >= 11 is 0. The van der Waals surface area contributed by atoms with Gasteiger partial charge in [0.05, 0.1) is 11.1 Å². The topological polar surface area (TPSA) is 3.24 Å². The smallest absolute Gasteiger partial charge is 0.367 e. The Morgan fingerprint density at radius 3 is 1.96 bits per heavy atom. The van der Waals surface area contributed by atoms with Crippen LogP contribution < -0.4 is 4.90 Å². The minimum absolute atomic E-state index is 0.340. The normalized spacial score (nSPS) is 15.8. The van der Waals surface area contributed by atoms with Crippen LogP contribution in [0, 0.1) is 0 Å². The molecule has 1 nitrogen and oxygen atoms in total. The molecule has 0 spiro atoms. The first kappa shape index (κ1) is 18.4. The first-order valence-corrected chi connectivity index (χ1v) is 7.93. The molecule has 0 atom stereocenters. The van der Waals surface area contributed by atoms with E-state index in [2.05, 4.69) is 0 Å². The molecule has 1 heterocycles. The highest BCUT2D eigenvalue weighted by Crippen LogP contribution is 2.34. The van der Waals surface area contributed by atoms with Crippen molar-refractivity contribution < 1.29 is 26.3 Å². The van der Waals surface area contributed by atoms with Gasteiger partial charge in [-0.05, 0) is 47.9 Å². The third-order valence-electron chi connectivity index (χ3n) is 4.31. The lowest BCUT2D eigenvalue weighted by Crippen LogP contribution is -2.28. The number of anilines is 1. The molecule has 0 fully saturated rings. The van der Waals surface area contributed by atoms with E-state index in [9.17, 15) is 26.3 Å². The second-order valence-electron chi connectivity index (χ2n) is 6.05. The van der Waals surface area contributed by atoms with Crippen molar-refractivity contribution in [2.75, 3.05) is 18.0 Å². The Kier molecular flexibility index (Phi) is 4.73. The van der Waals surface area contributed by atoms with E-state index in [0.717, 1.165) is 29.8 Å².